The number of anilines is 1. The number of pyridine rings is 1. The normalized spacial score (nSPS) is 14.9. The maximum atomic E-state index is 5.82. The van der Waals surface area contributed by atoms with Gasteiger partial charge in [-0.2, -0.15) is 0 Å². The lowest BCUT2D eigenvalue weighted by molar-refractivity contribution is 0.996. The number of nitrogens with zero attached hydrogens (tertiary/aromatic N) is 3. The molecule has 17 heavy (non-hydrogen) atoms. The van der Waals surface area contributed by atoms with Crippen LogP contribution in [0.5, 0.6) is 0 Å². The minimum atomic E-state index is 0.539. The average Bonchev–Trinajstić information content (AvgIpc) is 3.13. The van der Waals surface area contributed by atoms with Crippen molar-refractivity contribution < 1.29 is 0 Å². The second-order valence-electron chi connectivity index (χ2n) is 4.50. The highest BCUT2D eigenvalue weighted by Gasteiger charge is 2.26. The third-order valence-corrected chi connectivity index (χ3v) is 2.93. The Hall–Kier alpha value is -1.97. The van der Waals surface area contributed by atoms with Crippen LogP contribution in [0.1, 0.15) is 30.1 Å². The Balaban J connectivity index is 2.04. The zero-order valence-electron chi connectivity index (χ0n) is 9.72. The summed E-state index contributed by atoms with van der Waals surface area (Å²) in [7, 11) is 0. The molecule has 4 nitrogen and oxygen atoms in total. The number of rotatable bonds is 2. The van der Waals surface area contributed by atoms with Gasteiger partial charge in [-0.3, -0.25) is 4.98 Å². The lowest BCUT2D eigenvalue weighted by atomic mass is 10.2. The summed E-state index contributed by atoms with van der Waals surface area (Å²) in [5, 5.41) is 0. The van der Waals surface area contributed by atoms with E-state index in [0.717, 1.165) is 17.0 Å². The van der Waals surface area contributed by atoms with Crippen LogP contribution < -0.4 is 5.73 Å². The SMILES string of the molecule is Cc1ccc(-c2nc(N)cc(C3CC3)n2)cn1. The monoisotopic (exact) mass is 226 g/mol. The first-order valence-electron chi connectivity index (χ1n) is 5.80. The zero-order valence-corrected chi connectivity index (χ0v) is 9.72. The highest BCUT2D eigenvalue weighted by Crippen LogP contribution is 2.39. The molecule has 0 radical (unpaired) electrons. The van der Waals surface area contributed by atoms with E-state index in [1.54, 1.807) is 6.20 Å². The van der Waals surface area contributed by atoms with E-state index in [4.69, 9.17) is 5.73 Å². The molecular weight excluding hydrogens is 212 g/mol. The predicted octanol–water partition coefficient (Wildman–Crippen LogP) is 2.31. The first-order chi connectivity index (χ1) is 8.22. The van der Waals surface area contributed by atoms with Gasteiger partial charge in [0.2, 0.25) is 0 Å². The number of nitrogen functional groups attached to an aromatic ring is 1. The smallest absolute Gasteiger partial charge is 0.163 e. The highest BCUT2D eigenvalue weighted by molar-refractivity contribution is 5.56. The van der Waals surface area contributed by atoms with Crippen molar-refractivity contribution in [2.45, 2.75) is 25.7 Å². The second kappa shape index (κ2) is 3.80. The molecule has 0 amide bonds. The summed E-state index contributed by atoms with van der Waals surface area (Å²) in [6.07, 6.45) is 4.21. The number of nitrogens with two attached hydrogens (primary N) is 1. The van der Waals surface area contributed by atoms with Crippen LogP contribution in [-0.2, 0) is 0 Å². The molecule has 2 aromatic heterocycles. The van der Waals surface area contributed by atoms with E-state index in [9.17, 15) is 0 Å². The van der Waals surface area contributed by atoms with Crippen molar-refractivity contribution in [3.05, 3.63) is 35.8 Å². The van der Waals surface area contributed by atoms with E-state index < -0.39 is 0 Å². The van der Waals surface area contributed by atoms with Gasteiger partial charge in [-0.1, -0.05) is 0 Å². The summed E-state index contributed by atoms with van der Waals surface area (Å²) in [6, 6.07) is 5.81. The number of hydrogen-bond acceptors (Lipinski definition) is 4. The molecule has 86 valence electrons. The van der Waals surface area contributed by atoms with Crippen LogP contribution in [0.15, 0.2) is 24.4 Å². The average molecular weight is 226 g/mol. The van der Waals surface area contributed by atoms with Crippen LogP contribution in [-0.4, -0.2) is 15.0 Å². The molecule has 1 aliphatic rings. The molecule has 0 saturated heterocycles. The Morgan fingerprint density at radius 2 is 2.06 bits per heavy atom. The third kappa shape index (κ3) is 2.11. The van der Waals surface area contributed by atoms with Crippen LogP contribution in [0, 0.1) is 6.92 Å². The van der Waals surface area contributed by atoms with E-state index in [2.05, 4.69) is 15.0 Å². The summed E-state index contributed by atoms with van der Waals surface area (Å²) in [5.74, 6) is 1.80. The van der Waals surface area contributed by atoms with Crippen LogP contribution in [0.4, 0.5) is 5.82 Å². The molecule has 2 N–H and O–H groups in total. The van der Waals surface area contributed by atoms with Crippen molar-refractivity contribution in [3.8, 4) is 11.4 Å². The van der Waals surface area contributed by atoms with Crippen molar-refractivity contribution in [1.29, 1.82) is 0 Å². The molecule has 0 aromatic carbocycles. The molecule has 0 bridgehead atoms. The lowest BCUT2D eigenvalue weighted by Gasteiger charge is -2.05. The second-order valence-corrected chi connectivity index (χ2v) is 4.50. The Morgan fingerprint density at radius 3 is 2.71 bits per heavy atom. The summed E-state index contributed by atoms with van der Waals surface area (Å²) < 4.78 is 0. The van der Waals surface area contributed by atoms with Gasteiger partial charge in [-0.05, 0) is 31.9 Å². The molecule has 4 heteroatoms. The van der Waals surface area contributed by atoms with Crippen molar-refractivity contribution in [2.24, 2.45) is 0 Å². The first-order valence-corrected chi connectivity index (χ1v) is 5.80. The third-order valence-electron chi connectivity index (χ3n) is 2.93. The van der Waals surface area contributed by atoms with E-state index in [1.165, 1.54) is 12.8 Å². The van der Waals surface area contributed by atoms with Crippen molar-refractivity contribution in [2.75, 3.05) is 5.73 Å². The van der Waals surface area contributed by atoms with Gasteiger partial charge >= 0.3 is 0 Å². The van der Waals surface area contributed by atoms with Crippen LogP contribution in [0.25, 0.3) is 11.4 Å². The van der Waals surface area contributed by atoms with Crippen molar-refractivity contribution >= 4 is 5.82 Å². The summed E-state index contributed by atoms with van der Waals surface area (Å²) in [5.41, 5.74) is 8.79. The molecule has 0 aliphatic heterocycles. The van der Waals surface area contributed by atoms with Crippen molar-refractivity contribution in [3.63, 3.8) is 0 Å². The number of aromatic nitrogens is 3. The molecule has 0 unspecified atom stereocenters. The van der Waals surface area contributed by atoms with Crippen LogP contribution >= 0.6 is 0 Å². The Kier molecular flexibility index (Phi) is 2.28. The quantitative estimate of drug-likeness (QED) is 0.853. The standard InChI is InChI=1S/C13H14N4/c1-8-2-3-10(7-15-8)13-16-11(9-4-5-9)6-12(14)17-13/h2-3,6-7,9H,4-5H2,1H3,(H2,14,16,17). The van der Waals surface area contributed by atoms with E-state index in [1.807, 2.05) is 25.1 Å². The van der Waals surface area contributed by atoms with Gasteiger partial charge in [0.1, 0.15) is 5.82 Å². The minimum Gasteiger partial charge on any atom is -0.384 e. The fourth-order valence-electron chi connectivity index (χ4n) is 1.80. The van der Waals surface area contributed by atoms with Gasteiger partial charge in [-0.15, -0.1) is 0 Å². The molecule has 2 heterocycles. The molecule has 1 saturated carbocycles. The maximum absolute atomic E-state index is 5.82. The topological polar surface area (TPSA) is 64.7 Å². The minimum absolute atomic E-state index is 0.539. The van der Waals surface area contributed by atoms with E-state index >= 15 is 0 Å². The predicted molar refractivity (Wildman–Crippen MR) is 66.4 cm³/mol. The van der Waals surface area contributed by atoms with Gasteiger partial charge in [0.25, 0.3) is 0 Å². The molecule has 3 rings (SSSR count). The first kappa shape index (κ1) is 10.2. The fourth-order valence-corrected chi connectivity index (χ4v) is 1.80. The molecule has 1 aliphatic carbocycles. The Labute approximate surface area is 99.9 Å². The molecule has 0 atom stereocenters. The van der Waals surface area contributed by atoms with E-state index in [0.29, 0.717) is 17.6 Å². The van der Waals surface area contributed by atoms with E-state index in [-0.39, 0.29) is 0 Å². The Bertz CT molecular complexity index is 544. The van der Waals surface area contributed by atoms with Gasteiger partial charge in [0.15, 0.2) is 5.82 Å². The zero-order chi connectivity index (χ0) is 11.8. The molecule has 0 spiro atoms. The summed E-state index contributed by atoms with van der Waals surface area (Å²) in [6.45, 7) is 1.96. The Morgan fingerprint density at radius 1 is 1.24 bits per heavy atom. The fraction of sp³-hybridized carbons (Fsp3) is 0.308. The molecule has 2 aromatic rings. The van der Waals surface area contributed by atoms with Gasteiger partial charge in [0, 0.05) is 35.1 Å². The maximum Gasteiger partial charge on any atom is 0.163 e. The number of aryl methyl sites for hydroxylation is 1. The highest BCUT2D eigenvalue weighted by atomic mass is 15.0. The number of hydrogen-bond donors (Lipinski definition) is 1. The van der Waals surface area contributed by atoms with Gasteiger partial charge < -0.3 is 5.73 Å². The summed E-state index contributed by atoms with van der Waals surface area (Å²) in [4.78, 5) is 13.1. The molecular formula is C13H14N4. The lowest BCUT2D eigenvalue weighted by Crippen LogP contribution is -1.99. The summed E-state index contributed by atoms with van der Waals surface area (Å²) >= 11 is 0. The van der Waals surface area contributed by atoms with Gasteiger partial charge in [-0.25, -0.2) is 9.97 Å². The largest absolute Gasteiger partial charge is 0.384 e. The molecule has 1 fully saturated rings. The van der Waals surface area contributed by atoms with Crippen LogP contribution in [0.3, 0.4) is 0 Å². The van der Waals surface area contributed by atoms with Crippen LogP contribution in [0.2, 0.25) is 0 Å². The van der Waals surface area contributed by atoms with Gasteiger partial charge in [0.05, 0.1) is 0 Å². The van der Waals surface area contributed by atoms with Crippen molar-refractivity contribution in [1.82, 2.24) is 15.0 Å².